The van der Waals surface area contributed by atoms with Crippen molar-refractivity contribution in [2.24, 2.45) is 11.8 Å². The predicted octanol–water partition coefficient (Wildman–Crippen LogP) is 1.18. The van der Waals surface area contributed by atoms with Crippen LogP contribution in [0, 0.1) is 11.8 Å². The second kappa shape index (κ2) is 12.4. The van der Waals surface area contributed by atoms with Crippen molar-refractivity contribution in [3.63, 3.8) is 0 Å². The SMILES string of the molecule is CCCCCCCCCCCCC12C=CC(O1)C1C(=O)N(c3ccc(C(=O)[O-])cc3)C(=O)C12.[K+]. The summed E-state index contributed by atoms with van der Waals surface area (Å²) in [5.74, 6) is -2.79. The molecule has 0 radical (unpaired) electrons. The maximum Gasteiger partial charge on any atom is 1.00 e. The molecule has 0 spiro atoms. The number of hydrogen-bond acceptors (Lipinski definition) is 5. The molecule has 4 atom stereocenters. The van der Waals surface area contributed by atoms with Crippen molar-refractivity contribution in [3.05, 3.63) is 42.0 Å². The minimum atomic E-state index is -1.29. The van der Waals surface area contributed by atoms with Gasteiger partial charge in [0.1, 0.15) is 0 Å². The summed E-state index contributed by atoms with van der Waals surface area (Å²) in [6.45, 7) is 2.24. The van der Waals surface area contributed by atoms with Gasteiger partial charge in [0.15, 0.2) is 0 Å². The maximum atomic E-state index is 13.4. The van der Waals surface area contributed by atoms with Crippen LogP contribution in [-0.2, 0) is 14.3 Å². The van der Waals surface area contributed by atoms with E-state index in [-0.39, 0.29) is 74.9 Å². The van der Waals surface area contributed by atoms with E-state index in [4.69, 9.17) is 4.74 Å². The van der Waals surface area contributed by atoms with Crippen LogP contribution < -0.4 is 61.4 Å². The Kier molecular flexibility index (Phi) is 10.1. The van der Waals surface area contributed by atoms with Gasteiger partial charge >= 0.3 is 51.4 Å². The van der Waals surface area contributed by atoms with E-state index in [1.165, 1.54) is 80.5 Å². The fourth-order valence-corrected chi connectivity index (χ4v) is 5.68. The Morgan fingerprint density at radius 1 is 0.941 bits per heavy atom. The number of hydrogen-bond donors (Lipinski definition) is 0. The standard InChI is InChI=1S/C27H35NO5.K/c1-2-3-4-5-6-7-8-9-10-11-17-27-18-16-21(33-27)22-23(27)25(30)28(24(22)29)20-14-12-19(13-15-20)26(31)32;/h12-16,18,21-23H,2-11,17H2,1H3,(H,31,32);/q;+1/p-1. The molecule has 7 heteroatoms. The molecule has 0 N–H and O–H groups in total. The molecule has 3 aliphatic rings. The van der Waals surface area contributed by atoms with Gasteiger partial charge in [-0.3, -0.25) is 9.59 Å². The fourth-order valence-electron chi connectivity index (χ4n) is 5.68. The number of rotatable bonds is 13. The Hall–Kier alpha value is -0.834. The predicted molar refractivity (Wildman–Crippen MR) is 123 cm³/mol. The Morgan fingerprint density at radius 3 is 2.12 bits per heavy atom. The van der Waals surface area contributed by atoms with E-state index < -0.39 is 23.4 Å². The quantitative estimate of drug-likeness (QED) is 0.179. The number of carboxylic acid groups (broad SMARTS) is 1. The molecule has 0 saturated carbocycles. The molecule has 1 aromatic carbocycles. The number of carbonyl (C=O) groups excluding carboxylic acids is 3. The van der Waals surface area contributed by atoms with Gasteiger partial charge in [0.05, 0.1) is 35.2 Å². The zero-order valence-corrected chi connectivity index (χ0v) is 23.6. The van der Waals surface area contributed by atoms with Gasteiger partial charge in [-0.25, -0.2) is 4.90 Å². The minimum Gasteiger partial charge on any atom is -0.545 e. The van der Waals surface area contributed by atoms with E-state index in [2.05, 4.69) is 6.92 Å². The van der Waals surface area contributed by atoms with Crippen molar-refractivity contribution in [1.82, 2.24) is 0 Å². The van der Waals surface area contributed by atoms with Crippen LogP contribution in [0.15, 0.2) is 36.4 Å². The van der Waals surface area contributed by atoms with E-state index in [0.717, 1.165) is 19.3 Å². The summed E-state index contributed by atoms with van der Waals surface area (Å²) < 4.78 is 6.22. The van der Waals surface area contributed by atoms with Crippen LogP contribution in [0.4, 0.5) is 5.69 Å². The van der Waals surface area contributed by atoms with Crippen LogP contribution in [0.25, 0.3) is 0 Å². The third kappa shape index (κ3) is 5.60. The van der Waals surface area contributed by atoms with E-state index in [1.54, 1.807) is 0 Å². The molecule has 2 bridgehead atoms. The molecule has 0 aromatic heterocycles. The molecule has 1 aromatic rings. The van der Waals surface area contributed by atoms with Crippen molar-refractivity contribution in [2.45, 2.75) is 89.3 Å². The number of anilines is 1. The van der Waals surface area contributed by atoms with E-state index in [1.807, 2.05) is 12.2 Å². The molecular formula is C27H34KNO5. The van der Waals surface area contributed by atoms with Crippen molar-refractivity contribution in [1.29, 1.82) is 0 Å². The molecule has 34 heavy (non-hydrogen) atoms. The topological polar surface area (TPSA) is 86.7 Å². The number of aromatic carboxylic acids is 1. The van der Waals surface area contributed by atoms with Crippen molar-refractivity contribution in [2.75, 3.05) is 4.90 Å². The number of fused-ring (bicyclic) bond motifs is 5. The van der Waals surface area contributed by atoms with E-state index in [9.17, 15) is 19.5 Å². The molecule has 2 amide bonds. The molecule has 178 valence electrons. The first-order valence-electron chi connectivity index (χ1n) is 12.5. The zero-order chi connectivity index (χ0) is 23.4. The van der Waals surface area contributed by atoms with E-state index >= 15 is 0 Å². The molecular weight excluding hydrogens is 457 g/mol. The third-order valence-electron chi connectivity index (χ3n) is 7.44. The first-order valence-corrected chi connectivity index (χ1v) is 12.5. The van der Waals surface area contributed by atoms with E-state index in [0.29, 0.717) is 5.69 Å². The summed E-state index contributed by atoms with van der Waals surface area (Å²) in [4.78, 5) is 38.7. The van der Waals surface area contributed by atoms with Crippen molar-refractivity contribution < 1.29 is 75.6 Å². The number of benzene rings is 1. The average molecular weight is 492 g/mol. The molecule has 2 saturated heterocycles. The first-order chi connectivity index (χ1) is 16.0. The van der Waals surface area contributed by atoms with Gasteiger partial charge in [-0.2, -0.15) is 0 Å². The molecule has 4 rings (SSSR count). The molecule has 6 nitrogen and oxygen atoms in total. The van der Waals surface area contributed by atoms with Crippen LogP contribution in [0.3, 0.4) is 0 Å². The Morgan fingerprint density at radius 2 is 1.53 bits per heavy atom. The molecule has 4 unspecified atom stereocenters. The number of carbonyl (C=O) groups is 3. The summed E-state index contributed by atoms with van der Waals surface area (Å²) >= 11 is 0. The van der Waals surface area contributed by atoms with Crippen LogP contribution >= 0.6 is 0 Å². The molecule has 3 heterocycles. The summed E-state index contributed by atoms with van der Waals surface area (Å²) in [5, 5.41) is 11.0. The number of amides is 2. The molecule has 3 aliphatic heterocycles. The van der Waals surface area contributed by atoms with Gasteiger partial charge in [-0.1, -0.05) is 95.4 Å². The molecule has 2 fully saturated rings. The summed E-state index contributed by atoms with van der Waals surface area (Å²) in [7, 11) is 0. The Labute approximate surface area is 244 Å². The number of nitrogens with zero attached hydrogens (tertiary/aromatic N) is 1. The van der Waals surface area contributed by atoms with Crippen LogP contribution in [0.2, 0.25) is 0 Å². The Balaban J connectivity index is 0.00000324. The number of imide groups is 1. The second-order valence-corrected chi connectivity index (χ2v) is 9.68. The maximum absolute atomic E-state index is 13.4. The van der Waals surface area contributed by atoms with Gasteiger partial charge in [-0.05, 0) is 24.1 Å². The van der Waals surface area contributed by atoms with Crippen LogP contribution in [0.1, 0.15) is 87.9 Å². The minimum absolute atomic E-state index is 0. The van der Waals surface area contributed by atoms with Gasteiger partial charge in [0.25, 0.3) is 0 Å². The van der Waals surface area contributed by atoms with Crippen molar-refractivity contribution >= 4 is 23.5 Å². The van der Waals surface area contributed by atoms with Gasteiger partial charge in [-0.15, -0.1) is 0 Å². The largest absolute Gasteiger partial charge is 1.00 e. The second-order valence-electron chi connectivity index (χ2n) is 9.68. The number of ether oxygens (including phenoxy) is 1. The summed E-state index contributed by atoms with van der Waals surface area (Å²) in [6.07, 6.45) is 16.7. The first kappa shape index (κ1) is 27.7. The van der Waals surface area contributed by atoms with Gasteiger partial charge < -0.3 is 14.6 Å². The smallest absolute Gasteiger partial charge is 0.545 e. The average Bonchev–Trinajstić information content (AvgIpc) is 3.45. The monoisotopic (exact) mass is 491 g/mol. The fraction of sp³-hybridized carbons (Fsp3) is 0.593. The van der Waals surface area contributed by atoms with Crippen LogP contribution in [-0.4, -0.2) is 29.5 Å². The number of carboxylic acids is 1. The summed E-state index contributed by atoms with van der Waals surface area (Å²) in [6, 6.07) is 5.71. The number of unbranched alkanes of at least 4 members (excludes halogenated alkanes) is 9. The van der Waals surface area contributed by atoms with Crippen LogP contribution in [0.5, 0.6) is 0 Å². The zero-order valence-electron chi connectivity index (χ0n) is 20.5. The normalized spacial score (nSPS) is 26.7. The summed E-state index contributed by atoms with van der Waals surface area (Å²) in [5.41, 5.74) is -0.277. The van der Waals surface area contributed by atoms with Gasteiger partial charge in [0.2, 0.25) is 11.8 Å². The molecule has 0 aliphatic carbocycles. The van der Waals surface area contributed by atoms with Crippen molar-refractivity contribution in [3.8, 4) is 0 Å². The Bertz CT molecular complexity index is 914. The third-order valence-corrected chi connectivity index (χ3v) is 7.44. The van der Waals surface area contributed by atoms with Gasteiger partial charge in [0, 0.05) is 0 Å².